The Balaban J connectivity index is 2.05. The molecule has 2 N–H and O–H groups in total. The molecule has 0 radical (unpaired) electrons. The zero-order valence-electron chi connectivity index (χ0n) is 12.5. The first-order valence-corrected chi connectivity index (χ1v) is 8.91. The van der Waals surface area contributed by atoms with Gasteiger partial charge in [0.25, 0.3) is 5.91 Å². The van der Waals surface area contributed by atoms with E-state index in [2.05, 4.69) is 10.0 Å². The Bertz CT molecular complexity index is 789. The molecule has 0 unspecified atom stereocenters. The summed E-state index contributed by atoms with van der Waals surface area (Å²) < 4.78 is 26.1. The molecule has 0 aliphatic rings. The van der Waals surface area contributed by atoms with Crippen LogP contribution in [-0.4, -0.2) is 20.9 Å². The fraction of sp³-hybridized carbons (Fsp3) is 0.188. The molecule has 0 aliphatic heterocycles. The van der Waals surface area contributed by atoms with Gasteiger partial charge in [-0.15, -0.1) is 0 Å². The SMILES string of the molecule is CCNS(=O)(=O)c1ccc(C(=O)NCc2ccccc2Cl)cc1. The molecule has 7 heteroatoms. The van der Waals surface area contributed by atoms with Crippen LogP contribution in [0.3, 0.4) is 0 Å². The Kier molecular flexibility index (Phi) is 5.76. The molecule has 5 nitrogen and oxygen atoms in total. The van der Waals surface area contributed by atoms with Gasteiger partial charge in [0.15, 0.2) is 0 Å². The van der Waals surface area contributed by atoms with E-state index in [-0.39, 0.29) is 10.8 Å². The number of benzene rings is 2. The number of hydrogen-bond acceptors (Lipinski definition) is 3. The van der Waals surface area contributed by atoms with Gasteiger partial charge in [0.05, 0.1) is 4.90 Å². The minimum absolute atomic E-state index is 0.127. The van der Waals surface area contributed by atoms with Crippen LogP contribution in [0.25, 0.3) is 0 Å². The van der Waals surface area contributed by atoms with Crippen LogP contribution >= 0.6 is 11.6 Å². The third-order valence-corrected chi connectivity index (χ3v) is 5.09. The molecule has 2 aromatic rings. The molecule has 122 valence electrons. The van der Waals surface area contributed by atoms with Crippen molar-refractivity contribution < 1.29 is 13.2 Å². The van der Waals surface area contributed by atoms with Crippen molar-refractivity contribution in [3.05, 3.63) is 64.7 Å². The molecule has 2 rings (SSSR count). The van der Waals surface area contributed by atoms with Gasteiger partial charge in [-0.2, -0.15) is 0 Å². The second-order valence-electron chi connectivity index (χ2n) is 4.80. The van der Waals surface area contributed by atoms with Crippen molar-refractivity contribution in [1.29, 1.82) is 0 Å². The summed E-state index contributed by atoms with van der Waals surface area (Å²) in [6.07, 6.45) is 0. The Morgan fingerprint density at radius 1 is 1.09 bits per heavy atom. The fourth-order valence-electron chi connectivity index (χ4n) is 1.98. The summed E-state index contributed by atoms with van der Waals surface area (Å²) in [7, 11) is -3.51. The predicted molar refractivity (Wildman–Crippen MR) is 89.9 cm³/mol. The molecule has 0 spiro atoms. The second kappa shape index (κ2) is 7.59. The average Bonchev–Trinajstić information content (AvgIpc) is 2.54. The number of carbonyl (C=O) groups is 1. The minimum Gasteiger partial charge on any atom is -0.348 e. The number of carbonyl (C=O) groups excluding carboxylic acids is 1. The Morgan fingerprint density at radius 2 is 1.74 bits per heavy atom. The largest absolute Gasteiger partial charge is 0.348 e. The van der Waals surface area contributed by atoms with E-state index in [0.717, 1.165) is 5.56 Å². The highest BCUT2D eigenvalue weighted by Gasteiger charge is 2.13. The maximum absolute atomic E-state index is 12.1. The highest BCUT2D eigenvalue weighted by molar-refractivity contribution is 7.89. The molecule has 0 aliphatic carbocycles. The van der Waals surface area contributed by atoms with Crippen LogP contribution in [0.15, 0.2) is 53.4 Å². The van der Waals surface area contributed by atoms with Crippen molar-refractivity contribution in [2.24, 2.45) is 0 Å². The lowest BCUT2D eigenvalue weighted by molar-refractivity contribution is 0.0951. The maximum Gasteiger partial charge on any atom is 0.251 e. The number of sulfonamides is 1. The lowest BCUT2D eigenvalue weighted by atomic mass is 10.2. The number of nitrogens with one attached hydrogen (secondary N) is 2. The summed E-state index contributed by atoms with van der Waals surface area (Å²) in [4.78, 5) is 12.2. The Hall–Kier alpha value is -1.89. The molecular formula is C16H17ClN2O3S. The monoisotopic (exact) mass is 352 g/mol. The van der Waals surface area contributed by atoms with E-state index in [1.165, 1.54) is 24.3 Å². The summed E-state index contributed by atoms with van der Waals surface area (Å²) >= 11 is 6.03. The van der Waals surface area contributed by atoms with Crippen LogP contribution in [0.2, 0.25) is 5.02 Å². The number of hydrogen-bond donors (Lipinski definition) is 2. The van der Waals surface area contributed by atoms with E-state index >= 15 is 0 Å². The summed E-state index contributed by atoms with van der Waals surface area (Å²) in [5.41, 5.74) is 1.20. The number of amides is 1. The van der Waals surface area contributed by atoms with Crippen LogP contribution in [0.5, 0.6) is 0 Å². The van der Waals surface area contributed by atoms with Gasteiger partial charge in [0.2, 0.25) is 10.0 Å². The minimum atomic E-state index is -3.51. The molecule has 0 saturated carbocycles. The van der Waals surface area contributed by atoms with Gasteiger partial charge in [-0.1, -0.05) is 36.7 Å². The molecule has 23 heavy (non-hydrogen) atoms. The van der Waals surface area contributed by atoms with Gasteiger partial charge in [-0.3, -0.25) is 4.79 Å². The zero-order valence-corrected chi connectivity index (χ0v) is 14.1. The van der Waals surface area contributed by atoms with Crippen LogP contribution in [0, 0.1) is 0 Å². The van der Waals surface area contributed by atoms with Crippen molar-refractivity contribution in [2.45, 2.75) is 18.4 Å². The van der Waals surface area contributed by atoms with Crippen LogP contribution in [-0.2, 0) is 16.6 Å². The normalized spacial score (nSPS) is 11.2. The van der Waals surface area contributed by atoms with Gasteiger partial charge >= 0.3 is 0 Å². The van der Waals surface area contributed by atoms with E-state index in [0.29, 0.717) is 23.7 Å². The van der Waals surface area contributed by atoms with Gasteiger partial charge in [-0.05, 0) is 35.9 Å². The van der Waals surface area contributed by atoms with Crippen molar-refractivity contribution in [1.82, 2.24) is 10.0 Å². The van der Waals surface area contributed by atoms with Crippen LogP contribution in [0.1, 0.15) is 22.8 Å². The van der Waals surface area contributed by atoms with Crippen LogP contribution < -0.4 is 10.0 Å². The molecule has 0 atom stereocenters. The van der Waals surface area contributed by atoms with E-state index in [1.54, 1.807) is 13.0 Å². The fourth-order valence-corrected chi connectivity index (χ4v) is 3.22. The van der Waals surface area contributed by atoms with E-state index in [4.69, 9.17) is 11.6 Å². The zero-order chi connectivity index (χ0) is 16.9. The quantitative estimate of drug-likeness (QED) is 0.839. The summed E-state index contributed by atoms with van der Waals surface area (Å²) in [6, 6.07) is 13.0. The van der Waals surface area contributed by atoms with Crippen molar-refractivity contribution >= 4 is 27.5 Å². The molecule has 0 aromatic heterocycles. The van der Waals surface area contributed by atoms with Gasteiger partial charge in [0.1, 0.15) is 0 Å². The summed E-state index contributed by atoms with van der Waals surface area (Å²) in [6.45, 7) is 2.31. The van der Waals surface area contributed by atoms with Crippen LogP contribution in [0.4, 0.5) is 0 Å². The first-order chi connectivity index (χ1) is 10.9. The Morgan fingerprint density at radius 3 is 2.35 bits per heavy atom. The van der Waals surface area contributed by atoms with Crippen molar-refractivity contribution in [2.75, 3.05) is 6.54 Å². The lowest BCUT2D eigenvalue weighted by Gasteiger charge is -2.08. The van der Waals surface area contributed by atoms with Gasteiger partial charge in [-0.25, -0.2) is 13.1 Å². The smallest absolute Gasteiger partial charge is 0.251 e. The van der Waals surface area contributed by atoms with E-state index < -0.39 is 10.0 Å². The molecule has 1 amide bonds. The van der Waals surface area contributed by atoms with Gasteiger partial charge < -0.3 is 5.32 Å². The van der Waals surface area contributed by atoms with Gasteiger partial charge in [0, 0.05) is 23.7 Å². The van der Waals surface area contributed by atoms with Crippen molar-refractivity contribution in [3.63, 3.8) is 0 Å². The van der Waals surface area contributed by atoms with E-state index in [9.17, 15) is 13.2 Å². The third kappa shape index (κ3) is 4.54. The topological polar surface area (TPSA) is 75.3 Å². The first kappa shape index (κ1) is 17.5. The molecule has 0 fully saturated rings. The maximum atomic E-state index is 12.1. The van der Waals surface area contributed by atoms with Crippen molar-refractivity contribution in [3.8, 4) is 0 Å². The summed E-state index contributed by atoms with van der Waals surface area (Å²) in [5, 5.41) is 3.33. The second-order valence-corrected chi connectivity index (χ2v) is 6.97. The summed E-state index contributed by atoms with van der Waals surface area (Å²) in [5.74, 6) is -0.294. The first-order valence-electron chi connectivity index (χ1n) is 7.05. The lowest BCUT2D eigenvalue weighted by Crippen LogP contribution is -2.24. The molecule has 0 bridgehead atoms. The molecular weight excluding hydrogens is 336 g/mol. The van der Waals surface area contributed by atoms with E-state index in [1.807, 2.05) is 18.2 Å². The Labute approximate surface area is 140 Å². The average molecular weight is 353 g/mol. The highest BCUT2D eigenvalue weighted by Crippen LogP contribution is 2.15. The standard InChI is InChI=1S/C16H17ClN2O3S/c1-2-19-23(21,22)14-9-7-12(8-10-14)16(20)18-11-13-5-3-4-6-15(13)17/h3-10,19H,2,11H2,1H3,(H,18,20). The molecule has 0 saturated heterocycles. The third-order valence-electron chi connectivity index (χ3n) is 3.16. The number of halogens is 1. The molecule has 0 heterocycles. The highest BCUT2D eigenvalue weighted by atomic mass is 35.5. The molecule has 2 aromatic carbocycles. The number of rotatable bonds is 6. The predicted octanol–water partition coefficient (Wildman–Crippen LogP) is 2.57.